The molecule has 0 aliphatic rings. The molecule has 1 rings (SSSR count). The molecule has 0 unspecified atom stereocenters. The van der Waals surface area contributed by atoms with Gasteiger partial charge in [0.05, 0.1) is 12.1 Å². The highest BCUT2D eigenvalue weighted by Gasteiger charge is 2.02. The van der Waals surface area contributed by atoms with Crippen LogP contribution in [0.4, 0.5) is 0 Å². The molecule has 0 spiro atoms. The second-order valence-corrected chi connectivity index (χ2v) is 4.01. The third kappa shape index (κ3) is 4.10. The minimum absolute atomic E-state index is 0.297. The molecule has 1 aromatic rings. The number of benzene rings is 1. The molecule has 2 nitrogen and oxygen atoms in total. The van der Waals surface area contributed by atoms with Crippen molar-refractivity contribution in [2.45, 2.75) is 19.3 Å². The van der Waals surface area contributed by atoms with Crippen molar-refractivity contribution >= 4 is 28.4 Å². The van der Waals surface area contributed by atoms with Gasteiger partial charge in [-0.15, -0.1) is 0 Å². The highest BCUT2D eigenvalue weighted by atomic mass is 35.5. The molecular formula is C11H12Cl2O2. The lowest BCUT2D eigenvalue weighted by molar-refractivity contribution is -0.111. The smallest absolute Gasteiger partial charge is 0.221 e. The van der Waals surface area contributed by atoms with Crippen LogP contribution in [-0.2, 0) is 11.2 Å². The third-order valence-electron chi connectivity index (χ3n) is 2.05. The largest absolute Gasteiger partial charge is 0.495 e. The van der Waals surface area contributed by atoms with E-state index >= 15 is 0 Å². The zero-order valence-corrected chi connectivity index (χ0v) is 9.94. The number of aryl methyl sites for hydroxylation is 1. The van der Waals surface area contributed by atoms with Gasteiger partial charge in [0.2, 0.25) is 5.24 Å². The van der Waals surface area contributed by atoms with E-state index in [0.717, 1.165) is 18.4 Å². The van der Waals surface area contributed by atoms with Crippen LogP contribution in [0.5, 0.6) is 5.75 Å². The summed E-state index contributed by atoms with van der Waals surface area (Å²) >= 11 is 11.2. The molecule has 0 atom stereocenters. The van der Waals surface area contributed by atoms with E-state index < -0.39 is 0 Å². The van der Waals surface area contributed by atoms with Crippen molar-refractivity contribution in [1.82, 2.24) is 0 Å². The second kappa shape index (κ2) is 5.99. The van der Waals surface area contributed by atoms with E-state index in [-0.39, 0.29) is 5.24 Å². The highest BCUT2D eigenvalue weighted by Crippen LogP contribution is 2.25. The number of halogens is 2. The molecule has 82 valence electrons. The maximum Gasteiger partial charge on any atom is 0.221 e. The molecule has 0 bridgehead atoms. The van der Waals surface area contributed by atoms with Gasteiger partial charge in [-0.3, -0.25) is 4.79 Å². The normalized spacial score (nSPS) is 10.1. The fraction of sp³-hybridized carbons (Fsp3) is 0.364. The van der Waals surface area contributed by atoms with Gasteiger partial charge in [-0.2, -0.15) is 0 Å². The second-order valence-electron chi connectivity index (χ2n) is 3.18. The number of methoxy groups -OCH3 is 1. The molecule has 4 heteroatoms. The maximum absolute atomic E-state index is 10.5. The number of carbonyl (C=O) groups is 1. The van der Waals surface area contributed by atoms with E-state index in [1.165, 1.54) is 0 Å². The lowest BCUT2D eigenvalue weighted by Gasteiger charge is -2.05. The zero-order chi connectivity index (χ0) is 11.3. The Morgan fingerprint density at radius 2 is 2.20 bits per heavy atom. The summed E-state index contributed by atoms with van der Waals surface area (Å²) in [4.78, 5) is 10.5. The quantitative estimate of drug-likeness (QED) is 0.745. The van der Waals surface area contributed by atoms with Crippen molar-refractivity contribution in [2.24, 2.45) is 0 Å². The monoisotopic (exact) mass is 246 g/mol. The first-order valence-corrected chi connectivity index (χ1v) is 5.40. The molecular weight excluding hydrogens is 235 g/mol. The Balaban J connectivity index is 2.55. The Morgan fingerprint density at radius 3 is 2.73 bits per heavy atom. The Bertz CT molecular complexity index is 350. The molecule has 0 fully saturated rings. The first kappa shape index (κ1) is 12.3. The molecule has 0 saturated heterocycles. The third-order valence-corrected chi connectivity index (χ3v) is 2.54. The Morgan fingerprint density at radius 1 is 1.47 bits per heavy atom. The minimum atomic E-state index is -0.297. The number of hydrogen-bond donors (Lipinski definition) is 0. The van der Waals surface area contributed by atoms with Crippen LogP contribution in [0.15, 0.2) is 18.2 Å². The van der Waals surface area contributed by atoms with Crippen LogP contribution in [0.25, 0.3) is 0 Å². The average molecular weight is 247 g/mol. The molecule has 15 heavy (non-hydrogen) atoms. The molecule has 1 aromatic carbocycles. The summed E-state index contributed by atoms with van der Waals surface area (Å²) in [7, 11) is 1.58. The van der Waals surface area contributed by atoms with Crippen LogP contribution in [0.1, 0.15) is 18.4 Å². The van der Waals surface area contributed by atoms with E-state index in [1.807, 2.05) is 18.2 Å². The summed E-state index contributed by atoms with van der Waals surface area (Å²) in [5.41, 5.74) is 1.08. The van der Waals surface area contributed by atoms with E-state index in [9.17, 15) is 4.79 Å². The predicted octanol–water partition coefficient (Wildman–Crippen LogP) is 3.44. The standard InChI is InChI=1S/C11H12Cl2O2/c1-15-10-6-5-8(7-9(10)12)3-2-4-11(13)14/h5-7H,2-4H2,1H3. The van der Waals surface area contributed by atoms with Crippen LogP contribution in [0, 0.1) is 0 Å². The summed E-state index contributed by atoms with van der Waals surface area (Å²) in [5.74, 6) is 0.661. The molecule has 0 aliphatic heterocycles. The molecule has 0 saturated carbocycles. The molecule has 0 heterocycles. The van der Waals surface area contributed by atoms with E-state index in [2.05, 4.69) is 0 Å². The average Bonchev–Trinajstić information content (AvgIpc) is 2.17. The van der Waals surface area contributed by atoms with Crippen molar-refractivity contribution in [2.75, 3.05) is 7.11 Å². The van der Waals surface area contributed by atoms with Crippen LogP contribution in [0.2, 0.25) is 5.02 Å². The molecule has 0 aliphatic carbocycles. The molecule has 0 N–H and O–H groups in total. The van der Waals surface area contributed by atoms with Crippen LogP contribution >= 0.6 is 23.2 Å². The lowest BCUT2D eigenvalue weighted by Crippen LogP contribution is -1.91. The van der Waals surface area contributed by atoms with Gasteiger partial charge in [0.25, 0.3) is 0 Å². The highest BCUT2D eigenvalue weighted by molar-refractivity contribution is 6.63. The van der Waals surface area contributed by atoms with Crippen LogP contribution in [0.3, 0.4) is 0 Å². The number of carbonyl (C=O) groups excluding carboxylic acids is 1. The van der Waals surface area contributed by atoms with Gasteiger partial charge >= 0.3 is 0 Å². The van der Waals surface area contributed by atoms with Crippen LogP contribution in [-0.4, -0.2) is 12.4 Å². The Hall–Kier alpha value is -0.730. The van der Waals surface area contributed by atoms with Gasteiger partial charge in [-0.25, -0.2) is 0 Å². The van der Waals surface area contributed by atoms with E-state index in [0.29, 0.717) is 17.2 Å². The number of ether oxygens (including phenoxy) is 1. The molecule has 0 amide bonds. The van der Waals surface area contributed by atoms with E-state index in [1.54, 1.807) is 7.11 Å². The molecule has 0 aromatic heterocycles. The summed E-state index contributed by atoms with van der Waals surface area (Å²) in [6.07, 6.45) is 1.93. The lowest BCUT2D eigenvalue weighted by atomic mass is 10.1. The van der Waals surface area contributed by atoms with Gasteiger partial charge in [-0.05, 0) is 42.1 Å². The fourth-order valence-corrected chi connectivity index (χ4v) is 1.71. The van der Waals surface area contributed by atoms with Gasteiger partial charge in [0.15, 0.2) is 0 Å². The summed E-state index contributed by atoms with van der Waals surface area (Å²) in [5, 5.41) is 0.293. The van der Waals surface area contributed by atoms with Gasteiger partial charge in [0.1, 0.15) is 5.75 Å². The first-order chi connectivity index (χ1) is 7.13. The van der Waals surface area contributed by atoms with Gasteiger partial charge < -0.3 is 4.74 Å². The molecule has 0 radical (unpaired) electrons. The topological polar surface area (TPSA) is 26.3 Å². The number of rotatable bonds is 5. The van der Waals surface area contributed by atoms with Crippen molar-refractivity contribution < 1.29 is 9.53 Å². The summed E-state index contributed by atoms with van der Waals surface area (Å²) in [6, 6.07) is 5.60. The Labute approximate surface area is 99.1 Å². The first-order valence-electron chi connectivity index (χ1n) is 4.64. The van der Waals surface area contributed by atoms with Gasteiger partial charge in [-0.1, -0.05) is 17.7 Å². The summed E-state index contributed by atoms with van der Waals surface area (Å²) in [6.45, 7) is 0. The van der Waals surface area contributed by atoms with Crippen molar-refractivity contribution in [1.29, 1.82) is 0 Å². The van der Waals surface area contributed by atoms with Gasteiger partial charge in [0, 0.05) is 6.42 Å². The fourth-order valence-electron chi connectivity index (χ4n) is 1.30. The SMILES string of the molecule is COc1ccc(CCCC(=O)Cl)cc1Cl. The van der Waals surface area contributed by atoms with Crippen molar-refractivity contribution in [3.05, 3.63) is 28.8 Å². The minimum Gasteiger partial charge on any atom is -0.495 e. The number of hydrogen-bond acceptors (Lipinski definition) is 2. The van der Waals surface area contributed by atoms with Crippen molar-refractivity contribution in [3.63, 3.8) is 0 Å². The zero-order valence-electron chi connectivity index (χ0n) is 8.43. The maximum atomic E-state index is 10.5. The van der Waals surface area contributed by atoms with Crippen molar-refractivity contribution in [3.8, 4) is 5.75 Å². The van der Waals surface area contributed by atoms with Crippen LogP contribution < -0.4 is 4.74 Å². The Kier molecular flexibility index (Phi) is 4.92. The summed E-state index contributed by atoms with van der Waals surface area (Å²) < 4.78 is 5.04. The van der Waals surface area contributed by atoms with E-state index in [4.69, 9.17) is 27.9 Å². The predicted molar refractivity (Wildman–Crippen MR) is 61.8 cm³/mol.